The van der Waals surface area contributed by atoms with Crippen LogP contribution in [0.5, 0.6) is 5.75 Å². The maximum atomic E-state index is 11.5. The van der Waals surface area contributed by atoms with Gasteiger partial charge in [0.2, 0.25) is 5.76 Å². The zero-order chi connectivity index (χ0) is 15.2. The second kappa shape index (κ2) is 6.95. The lowest BCUT2D eigenvalue weighted by Gasteiger charge is -2.07. The minimum Gasteiger partial charge on any atom is -0.485 e. The molecule has 0 aliphatic heterocycles. The Morgan fingerprint density at radius 3 is 2.86 bits per heavy atom. The SMILES string of the molecule is CCOC(=O)c1ccc(COc2ccc(Cl)cc2C=O)o1. The Morgan fingerprint density at radius 2 is 2.14 bits per heavy atom. The topological polar surface area (TPSA) is 65.7 Å². The smallest absolute Gasteiger partial charge is 0.374 e. The Kier molecular flexibility index (Phi) is 5.00. The second-order valence-corrected chi connectivity index (χ2v) is 4.51. The standard InChI is InChI=1S/C15H13ClO5/c1-2-19-15(18)14-6-4-12(21-14)9-20-13-5-3-11(16)7-10(13)8-17/h3-8H,2,9H2,1H3. The van der Waals surface area contributed by atoms with Gasteiger partial charge in [-0.25, -0.2) is 4.79 Å². The quantitative estimate of drug-likeness (QED) is 0.603. The van der Waals surface area contributed by atoms with Gasteiger partial charge in [-0.05, 0) is 37.3 Å². The van der Waals surface area contributed by atoms with Crippen molar-refractivity contribution < 1.29 is 23.5 Å². The van der Waals surface area contributed by atoms with E-state index in [1.807, 2.05) is 0 Å². The maximum absolute atomic E-state index is 11.5. The highest BCUT2D eigenvalue weighted by atomic mass is 35.5. The molecule has 0 radical (unpaired) electrons. The molecule has 0 saturated carbocycles. The van der Waals surface area contributed by atoms with E-state index in [0.29, 0.717) is 28.4 Å². The number of rotatable bonds is 6. The number of furan rings is 1. The minimum atomic E-state index is -0.524. The normalized spacial score (nSPS) is 10.2. The first-order valence-corrected chi connectivity index (χ1v) is 6.65. The summed E-state index contributed by atoms with van der Waals surface area (Å²) in [6.07, 6.45) is 0.660. The summed E-state index contributed by atoms with van der Waals surface area (Å²) < 4.78 is 15.6. The van der Waals surface area contributed by atoms with Crippen molar-refractivity contribution in [1.82, 2.24) is 0 Å². The van der Waals surface area contributed by atoms with Gasteiger partial charge in [0.05, 0.1) is 12.2 Å². The van der Waals surface area contributed by atoms with E-state index in [1.54, 1.807) is 25.1 Å². The van der Waals surface area contributed by atoms with Crippen LogP contribution in [0.15, 0.2) is 34.7 Å². The molecule has 21 heavy (non-hydrogen) atoms. The molecule has 6 heteroatoms. The molecule has 0 spiro atoms. The molecule has 0 unspecified atom stereocenters. The molecule has 0 atom stereocenters. The molecule has 2 rings (SSSR count). The molecule has 5 nitrogen and oxygen atoms in total. The molecular formula is C15H13ClO5. The van der Waals surface area contributed by atoms with Gasteiger partial charge in [-0.1, -0.05) is 11.6 Å². The molecule has 2 aromatic rings. The van der Waals surface area contributed by atoms with Crippen molar-refractivity contribution >= 4 is 23.9 Å². The Labute approximate surface area is 126 Å². The minimum absolute atomic E-state index is 0.0852. The highest BCUT2D eigenvalue weighted by Gasteiger charge is 2.12. The number of benzene rings is 1. The van der Waals surface area contributed by atoms with Gasteiger partial charge in [-0.3, -0.25) is 4.79 Å². The molecular weight excluding hydrogens is 296 g/mol. The summed E-state index contributed by atoms with van der Waals surface area (Å²) in [4.78, 5) is 22.4. The first kappa shape index (κ1) is 15.1. The highest BCUT2D eigenvalue weighted by Crippen LogP contribution is 2.22. The second-order valence-electron chi connectivity index (χ2n) is 4.08. The van der Waals surface area contributed by atoms with Gasteiger partial charge in [0.1, 0.15) is 18.1 Å². The summed E-state index contributed by atoms with van der Waals surface area (Å²) in [6, 6.07) is 7.86. The maximum Gasteiger partial charge on any atom is 0.374 e. The lowest BCUT2D eigenvalue weighted by molar-refractivity contribution is 0.0486. The van der Waals surface area contributed by atoms with Crippen molar-refractivity contribution in [3.63, 3.8) is 0 Å². The van der Waals surface area contributed by atoms with Crippen LogP contribution in [0.1, 0.15) is 33.6 Å². The number of ether oxygens (including phenoxy) is 2. The summed E-state index contributed by atoms with van der Waals surface area (Å²) in [6.45, 7) is 2.08. The lowest BCUT2D eigenvalue weighted by Crippen LogP contribution is -2.03. The van der Waals surface area contributed by atoms with E-state index < -0.39 is 5.97 Å². The molecule has 1 aromatic heterocycles. The third kappa shape index (κ3) is 3.86. The number of hydrogen-bond donors (Lipinski definition) is 0. The number of esters is 1. The summed E-state index contributed by atoms with van der Waals surface area (Å²) in [5.74, 6) is 0.430. The van der Waals surface area contributed by atoms with Gasteiger partial charge < -0.3 is 13.9 Å². The molecule has 0 aliphatic carbocycles. The predicted molar refractivity (Wildman–Crippen MR) is 75.8 cm³/mol. The number of aldehydes is 1. The Morgan fingerprint density at radius 1 is 1.33 bits per heavy atom. The van der Waals surface area contributed by atoms with Crippen molar-refractivity contribution in [2.24, 2.45) is 0 Å². The number of carbonyl (C=O) groups is 2. The highest BCUT2D eigenvalue weighted by molar-refractivity contribution is 6.30. The van der Waals surface area contributed by atoms with Crippen LogP contribution >= 0.6 is 11.6 Å². The van der Waals surface area contributed by atoms with Crippen LogP contribution < -0.4 is 4.74 Å². The summed E-state index contributed by atoms with van der Waals surface area (Å²) in [7, 11) is 0. The van der Waals surface area contributed by atoms with Gasteiger partial charge in [-0.15, -0.1) is 0 Å². The van der Waals surface area contributed by atoms with Crippen molar-refractivity contribution in [3.05, 3.63) is 52.4 Å². The average Bonchev–Trinajstić information content (AvgIpc) is 2.95. The molecule has 1 heterocycles. The van der Waals surface area contributed by atoms with Gasteiger partial charge in [0.25, 0.3) is 0 Å². The molecule has 0 N–H and O–H groups in total. The fraction of sp³-hybridized carbons (Fsp3) is 0.200. The number of carbonyl (C=O) groups excluding carboxylic acids is 2. The van der Waals surface area contributed by atoms with Crippen molar-refractivity contribution in [3.8, 4) is 5.75 Å². The number of hydrogen-bond acceptors (Lipinski definition) is 5. The van der Waals surface area contributed by atoms with E-state index in [0.717, 1.165) is 0 Å². The third-order valence-corrected chi connectivity index (χ3v) is 2.84. The van der Waals surface area contributed by atoms with E-state index >= 15 is 0 Å². The van der Waals surface area contributed by atoms with Crippen molar-refractivity contribution in [2.75, 3.05) is 6.61 Å². The zero-order valence-corrected chi connectivity index (χ0v) is 12.1. The molecule has 0 aliphatic rings. The summed E-state index contributed by atoms with van der Waals surface area (Å²) >= 11 is 5.80. The van der Waals surface area contributed by atoms with E-state index in [9.17, 15) is 9.59 Å². The third-order valence-electron chi connectivity index (χ3n) is 2.61. The van der Waals surface area contributed by atoms with Crippen LogP contribution in [-0.4, -0.2) is 18.9 Å². The van der Waals surface area contributed by atoms with E-state index in [1.165, 1.54) is 12.1 Å². The van der Waals surface area contributed by atoms with E-state index in [2.05, 4.69) is 0 Å². The fourth-order valence-electron chi connectivity index (χ4n) is 1.66. The molecule has 0 saturated heterocycles. The average molecular weight is 309 g/mol. The molecule has 1 aromatic carbocycles. The Bertz CT molecular complexity index is 647. The first-order valence-electron chi connectivity index (χ1n) is 6.27. The van der Waals surface area contributed by atoms with Crippen molar-refractivity contribution in [1.29, 1.82) is 0 Å². The van der Waals surface area contributed by atoms with Gasteiger partial charge >= 0.3 is 5.97 Å². The van der Waals surface area contributed by atoms with Crippen molar-refractivity contribution in [2.45, 2.75) is 13.5 Å². The monoisotopic (exact) mass is 308 g/mol. The van der Waals surface area contributed by atoms with Crippen LogP contribution in [0.2, 0.25) is 5.02 Å². The summed E-state index contributed by atoms with van der Waals surface area (Å²) in [5.41, 5.74) is 0.347. The van der Waals surface area contributed by atoms with E-state index in [-0.39, 0.29) is 19.0 Å². The predicted octanol–water partition coefficient (Wildman–Crippen LogP) is 3.50. The van der Waals surface area contributed by atoms with Gasteiger partial charge in [-0.2, -0.15) is 0 Å². The first-order chi connectivity index (χ1) is 10.1. The molecule has 0 amide bonds. The molecule has 110 valence electrons. The number of halogens is 1. The van der Waals surface area contributed by atoms with Gasteiger partial charge in [0, 0.05) is 5.02 Å². The van der Waals surface area contributed by atoms with Crippen LogP contribution in [0.4, 0.5) is 0 Å². The lowest BCUT2D eigenvalue weighted by atomic mass is 10.2. The summed E-state index contributed by atoms with van der Waals surface area (Å²) in [5, 5.41) is 0.451. The fourth-order valence-corrected chi connectivity index (χ4v) is 1.84. The van der Waals surface area contributed by atoms with Gasteiger partial charge in [0.15, 0.2) is 6.29 Å². The zero-order valence-electron chi connectivity index (χ0n) is 11.3. The Hall–Kier alpha value is -2.27. The van der Waals surface area contributed by atoms with Crippen LogP contribution in [0, 0.1) is 0 Å². The van der Waals surface area contributed by atoms with Crippen LogP contribution in [0.25, 0.3) is 0 Å². The van der Waals surface area contributed by atoms with Crippen LogP contribution in [-0.2, 0) is 11.3 Å². The molecule has 0 bridgehead atoms. The van der Waals surface area contributed by atoms with E-state index in [4.69, 9.17) is 25.5 Å². The molecule has 0 fully saturated rings. The van der Waals surface area contributed by atoms with Crippen LogP contribution in [0.3, 0.4) is 0 Å². The largest absolute Gasteiger partial charge is 0.485 e. The Balaban J connectivity index is 2.03.